The number of hydrogen-bond acceptors (Lipinski definition) is 16. The van der Waals surface area contributed by atoms with Crippen molar-refractivity contribution in [2.45, 2.75) is 71.5 Å². The summed E-state index contributed by atoms with van der Waals surface area (Å²) in [6.07, 6.45) is 1.46. The van der Waals surface area contributed by atoms with Crippen LogP contribution in [0.3, 0.4) is 0 Å². The van der Waals surface area contributed by atoms with Gasteiger partial charge >= 0.3 is 12.2 Å². The molecule has 0 spiro atoms. The number of amides is 2. The number of nitrogens with zero attached hydrogens (tertiary/aromatic N) is 14. The number of ether oxygens (including phenoxy) is 2. The topological polar surface area (TPSA) is 186 Å². The summed E-state index contributed by atoms with van der Waals surface area (Å²) in [4.78, 5) is 66.9. The molecule has 6 aliphatic rings. The SMILES string of the molecule is Cc1nc2c(c(N3CCC3)n1)CN(C(=O)OC1CN(c3ccnc(C#N)n3)C1)C2.Cc1nc2c(c(N3CCC3)n1)CN(C(=O)OC1CN(c3ccnc(C(F)F)c3)C1)C2. The van der Waals surface area contributed by atoms with Crippen molar-refractivity contribution >= 4 is 35.3 Å². The molecule has 20 heteroatoms. The van der Waals surface area contributed by atoms with Gasteiger partial charge in [0.05, 0.1) is 63.7 Å². The fourth-order valence-corrected chi connectivity index (χ4v) is 7.74. The first-order valence-corrected chi connectivity index (χ1v) is 19.7. The van der Waals surface area contributed by atoms with E-state index in [1.165, 1.54) is 18.7 Å². The Bertz CT molecular complexity index is 2310. The molecule has 10 heterocycles. The molecule has 2 amide bonds. The van der Waals surface area contributed by atoms with Gasteiger partial charge in [0.25, 0.3) is 6.43 Å². The van der Waals surface area contributed by atoms with E-state index in [1.807, 2.05) is 29.7 Å². The van der Waals surface area contributed by atoms with Crippen molar-refractivity contribution in [3.8, 4) is 6.07 Å². The highest BCUT2D eigenvalue weighted by atomic mass is 19.3. The van der Waals surface area contributed by atoms with Crippen molar-refractivity contribution in [3.63, 3.8) is 0 Å². The molecule has 0 aromatic carbocycles. The van der Waals surface area contributed by atoms with Crippen molar-refractivity contribution in [1.82, 2.24) is 44.7 Å². The molecule has 306 valence electrons. The van der Waals surface area contributed by atoms with E-state index in [2.05, 4.69) is 44.7 Å². The third kappa shape index (κ3) is 7.76. The van der Waals surface area contributed by atoms with Gasteiger partial charge in [-0.15, -0.1) is 0 Å². The first-order valence-electron chi connectivity index (χ1n) is 19.7. The van der Waals surface area contributed by atoms with E-state index in [4.69, 9.17) is 14.7 Å². The molecule has 4 aromatic heterocycles. The lowest BCUT2D eigenvalue weighted by molar-refractivity contribution is 0.0482. The maximum atomic E-state index is 12.8. The van der Waals surface area contributed by atoms with E-state index in [1.54, 1.807) is 28.1 Å². The summed E-state index contributed by atoms with van der Waals surface area (Å²) in [5.74, 6) is 4.13. The zero-order valence-electron chi connectivity index (χ0n) is 32.7. The summed E-state index contributed by atoms with van der Waals surface area (Å²) in [5, 5.41) is 8.91. The Morgan fingerprint density at radius 1 is 0.712 bits per heavy atom. The van der Waals surface area contributed by atoms with Crippen LogP contribution in [0.4, 0.5) is 41.5 Å². The van der Waals surface area contributed by atoms with Gasteiger partial charge in [0.15, 0.2) is 0 Å². The van der Waals surface area contributed by atoms with Crippen LogP contribution in [-0.4, -0.2) is 121 Å². The first kappa shape index (κ1) is 38.0. The predicted octanol–water partition coefficient (Wildman–Crippen LogP) is 3.67. The van der Waals surface area contributed by atoms with Crippen molar-refractivity contribution in [2.24, 2.45) is 0 Å². The molecule has 0 N–H and O–H groups in total. The summed E-state index contributed by atoms with van der Waals surface area (Å²) in [6.45, 7) is 11.5. The van der Waals surface area contributed by atoms with Crippen LogP contribution in [0.25, 0.3) is 0 Å². The molecule has 0 aliphatic carbocycles. The minimum atomic E-state index is -2.61. The number of carbonyl (C=O) groups is 2. The number of anilines is 4. The van der Waals surface area contributed by atoms with Crippen LogP contribution in [0.1, 0.15) is 64.9 Å². The molecule has 10 rings (SSSR count). The van der Waals surface area contributed by atoms with Gasteiger partial charge in [-0.25, -0.2) is 48.3 Å². The molecule has 18 nitrogen and oxygen atoms in total. The van der Waals surface area contributed by atoms with Crippen molar-refractivity contribution < 1.29 is 27.8 Å². The Labute approximate surface area is 338 Å². The molecule has 0 radical (unpaired) electrons. The summed E-state index contributed by atoms with van der Waals surface area (Å²) in [6, 6.07) is 6.73. The van der Waals surface area contributed by atoms with E-state index < -0.39 is 6.43 Å². The lowest BCUT2D eigenvalue weighted by Gasteiger charge is -2.40. The van der Waals surface area contributed by atoms with E-state index in [9.17, 15) is 18.4 Å². The van der Waals surface area contributed by atoms with Gasteiger partial charge in [0, 0.05) is 55.4 Å². The van der Waals surface area contributed by atoms with Crippen LogP contribution >= 0.6 is 0 Å². The molecule has 6 aliphatic heterocycles. The minimum Gasteiger partial charge on any atom is -0.442 e. The van der Waals surface area contributed by atoms with E-state index in [0.717, 1.165) is 72.6 Å². The van der Waals surface area contributed by atoms with Gasteiger partial charge < -0.3 is 29.1 Å². The zero-order chi connectivity index (χ0) is 40.8. The highest BCUT2D eigenvalue weighted by Crippen LogP contribution is 2.34. The maximum Gasteiger partial charge on any atom is 0.410 e. The average Bonchev–Trinajstić information content (AvgIpc) is 3.78. The maximum absolute atomic E-state index is 12.8. The fourth-order valence-electron chi connectivity index (χ4n) is 7.74. The molecule has 0 atom stereocenters. The van der Waals surface area contributed by atoms with Gasteiger partial charge in [-0.2, -0.15) is 5.26 Å². The molecule has 0 bridgehead atoms. The van der Waals surface area contributed by atoms with Gasteiger partial charge in [-0.3, -0.25) is 14.8 Å². The standard InChI is InChI=1S/C20H22F2N6O2.C19H20N8O2/c1-12-24-17-11-28(10-15(17)19(25-12)26-5-2-6-26)20(29)30-14-8-27(9-14)13-3-4-23-16(7-13)18(21)22;1-12-22-15-11-27(10-14(15)18(23-12)25-5-2-6-25)19(28)29-13-8-26(9-13)17-3-4-21-16(7-20)24-17/h3-4,7,14,18H,2,5-6,8-11H2,1H3;3-4,13H,2,5-6,8-11H2,1H3. The first-order chi connectivity index (χ1) is 28.6. The number of aromatic nitrogens is 7. The summed E-state index contributed by atoms with van der Waals surface area (Å²) in [5.41, 5.74) is 4.24. The van der Waals surface area contributed by atoms with Crippen molar-refractivity contribution in [2.75, 3.05) is 72.0 Å². The smallest absolute Gasteiger partial charge is 0.410 e. The van der Waals surface area contributed by atoms with E-state index in [0.29, 0.717) is 69.7 Å². The second-order valence-electron chi connectivity index (χ2n) is 15.3. The second-order valence-corrected chi connectivity index (χ2v) is 15.3. The molecular formula is C39H42F2N14O4. The third-order valence-electron chi connectivity index (χ3n) is 11.2. The quantitative estimate of drug-likeness (QED) is 0.263. The summed E-state index contributed by atoms with van der Waals surface area (Å²) < 4.78 is 36.9. The minimum absolute atomic E-state index is 0.132. The van der Waals surface area contributed by atoms with Gasteiger partial charge in [0.1, 0.15) is 53.1 Å². The Morgan fingerprint density at radius 2 is 1.24 bits per heavy atom. The Kier molecular flexibility index (Phi) is 10.1. The average molecular weight is 809 g/mol. The lowest BCUT2D eigenvalue weighted by Crippen LogP contribution is -2.54. The number of fused-ring (bicyclic) bond motifs is 2. The Hall–Kier alpha value is -6.52. The van der Waals surface area contributed by atoms with Gasteiger partial charge in [-0.1, -0.05) is 0 Å². The van der Waals surface area contributed by atoms with E-state index in [-0.39, 0.29) is 35.9 Å². The molecule has 0 unspecified atom stereocenters. The summed E-state index contributed by atoms with van der Waals surface area (Å²) in [7, 11) is 0. The number of hydrogen-bond donors (Lipinski definition) is 0. The number of carbonyl (C=O) groups excluding carboxylic acids is 2. The second kappa shape index (κ2) is 15.7. The molecule has 4 fully saturated rings. The Balaban J connectivity index is 0.000000152. The van der Waals surface area contributed by atoms with Crippen LogP contribution < -0.4 is 19.6 Å². The fraction of sp³-hybridized carbons (Fsp3) is 0.487. The number of pyridine rings is 1. The lowest BCUT2D eigenvalue weighted by atomic mass is 10.1. The number of nitriles is 1. The molecule has 59 heavy (non-hydrogen) atoms. The van der Waals surface area contributed by atoms with Crippen LogP contribution in [0.15, 0.2) is 30.6 Å². The number of aryl methyl sites for hydroxylation is 2. The zero-order valence-corrected chi connectivity index (χ0v) is 32.7. The van der Waals surface area contributed by atoms with Crippen LogP contribution in [0.5, 0.6) is 0 Å². The van der Waals surface area contributed by atoms with Gasteiger partial charge in [-0.05, 0) is 44.9 Å². The third-order valence-corrected chi connectivity index (χ3v) is 11.2. The molecule has 4 saturated heterocycles. The predicted molar refractivity (Wildman–Crippen MR) is 207 cm³/mol. The molecule has 0 saturated carbocycles. The monoisotopic (exact) mass is 808 g/mol. The van der Waals surface area contributed by atoms with Crippen LogP contribution in [0, 0.1) is 25.2 Å². The van der Waals surface area contributed by atoms with Crippen LogP contribution in [0.2, 0.25) is 0 Å². The number of alkyl halides is 2. The largest absolute Gasteiger partial charge is 0.442 e. The van der Waals surface area contributed by atoms with Gasteiger partial charge in [0.2, 0.25) is 5.82 Å². The number of rotatable bonds is 7. The number of halogens is 2. The van der Waals surface area contributed by atoms with Crippen molar-refractivity contribution in [3.05, 3.63) is 76.3 Å². The normalized spacial score (nSPS) is 18.2. The van der Waals surface area contributed by atoms with E-state index >= 15 is 0 Å². The summed E-state index contributed by atoms with van der Waals surface area (Å²) >= 11 is 0. The molecule has 4 aromatic rings. The Morgan fingerprint density at radius 3 is 1.73 bits per heavy atom. The van der Waals surface area contributed by atoms with Crippen molar-refractivity contribution in [1.29, 1.82) is 5.26 Å². The molecular weight excluding hydrogens is 767 g/mol. The van der Waals surface area contributed by atoms with Crippen LogP contribution in [-0.2, 0) is 35.7 Å². The highest BCUT2D eigenvalue weighted by Gasteiger charge is 2.38. The highest BCUT2D eigenvalue weighted by molar-refractivity contribution is 5.71.